The number of hydrogen-bond donors (Lipinski definition) is 2. The van der Waals surface area contributed by atoms with Crippen molar-refractivity contribution in [1.29, 1.82) is 0 Å². The van der Waals surface area contributed by atoms with E-state index in [0.29, 0.717) is 11.3 Å². The molecule has 2 N–H and O–H groups in total. The molecule has 1 fully saturated rings. The third-order valence-corrected chi connectivity index (χ3v) is 3.57. The third kappa shape index (κ3) is 4.27. The molecular formula is C16H17F2NO2. The highest BCUT2D eigenvalue weighted by Crippen LogP contribution is 2.36. The van der Waals surface area contributed by atoms with Crippen molar-refractivity contribution in [2.75, 3.05) is 11.9 Å². The lowest BCUT2D eigenvalue weighted by atomic mass is 9.86. The molecule has 0 aromatic heterocycles. The van der Waals surface area contributed by atoms with Crippen LogP contribution in [0.3, 0.4) is 0 Å². The monoisotopic (exact) mass is 293 g/mol. The minimum Gasteiger partial charge on any atom is -0.384 e. The zero-order chi connectivity index (χ0) is 15.3. The van der Waals surface area contributed by atoms with Gasteiger partial charge in [0.2, 0.25) is 11.8 Å². The SMILES string of the molecule is O=C(Nc1ccccc1C#CCO)C1CCC(F)(F)CC1. The van der Waals surface area contributed by atoms with Crippen molar-refractivity contribution in [3.8, 4) is 11.8 Å². The van der Waals surface area contributed by atoms with Gasteiger partial charge in [0.05, 0.1) is 5.69 Å². The second kappa shape index (κ2) is 6.68. The van der Waals surface area contributed by atoms with E-state index in [-0.39, 0.29) is 44.1 Å². The number of amides is 1. The molecule has 0 unspecified atom stereocenters. The van der Waals surface area contributed by atoms with Gasteiger partial charge in [0.1, 0.15) is 6.61 Å². The van der Waals surface area contributed by atoms with Gasteiger partial charge in [0.15, 0.2) is 0 Å². The van der Waals surface area contributed by atoms with Gasteiger partial charge in [-0.1, -0.05) is 24.0 Å². The van der Waals surface area contributed by atoms with Crippen molar-refractivity contribution in [3.63, 3.8) is 0 Å². The van der Waals surface area contributed by atoms with Crippen LogP contribution in [0.2, 0.25) is 0 Å². The van der Waals surface area contributed by atoms with E-state index in [2.05, 4.69) is 17.2 Å². The molecule has 0 heterocycles. The first-order valence-corrected chi connectivity index (χ1v) is 6.89. The van der Waals surface area contributed by atoms with E-state index in [4.69, 9.17) is 5.11 Å². The number of anilines is 1. The van der Waals surface area contributed by atoms with E-state index in [1.54, 1.807) is 24.3 Å². The van der Waals surface area contributed by atoms with E-state index in [0.717, 1.165) is 0 Å². The molecule has 0 radical (unpaired) electrons. The Balaban J connectivity index is 2.03. The number of aliphatic hydroxyl groups excluding tert-OH is 1. The maximum absolute atomic E-state index is 13.1. The Kier molecular flexibility index (Phi) is 4.92. The van der Waals surface area contributed by atoms with Gasteiger partial charge in [-0.05, 0) is 25.0 Å². The Morgan fingerprint density at radius 3 is 2.67 bits per heavy atom. The molecular weight excluding hydrogens is 276 g/mol. The first kappa shape index (κ1) is 15.5. The summed E-state index contributed by atoms with van der Waals surface area (Å²) in [6, 6.07) is 6.97. The lowest BCUT2D eigenvalue weighted by Crippen LogP contribution is -2.31. The Morgan fingerprint density at radius 2 is 2.00 bits per heavy atom. The molecule has 0 atom stereocenters. The van der Waals surface area contributed by atoms with E-state index in [1.807, 2.05) is 0 Å². The van der Waals surface area contributed by atoms with Gasteiger partial charge in [0, 0.05) is 24.3 Å². The number of aliphatic hydroxyl groups is 1. The lowest BCUT2D eigenvalue weighted by Gasteiger charge is -2.27. The van der Waals surface area contributed by atoms with Gasteiger partial charge >= 0.3 is 0 Å². The molecule has 0 aliphatic heterocycles. The molecule has 5 heteroatoms. The van der Waals surface area contributed by atoms with Crippen molar-refractivity contribution in [3.05, 3.63) is 29.8 Å². The second-order valence-electron chi connectivity index (χ2n) is 5.12. The topological polar surface area (TPSA) is 49.3 Å². The molecule has 1 saturated carbocycles. The van der Waals surface area contributed by atoms with Gasteiger partial charge in [0.25, 0.3) is 0 Å². The summed E-state index contributed by atoms with van der Waals surface area (Å²) in [5.74, 6) is 2.00. The summed E-state index contributed by atoms with van der Waals surface area (Å²) in [6.45, 7) is -0.264. The predicted octanol–water partition coefficient (Wildman–Crippen LogP) is 2.79. The number of nitrogens with one attached hydrogen (secondary N) is 1. The fourth-order valence-corrected chi connectivity index (χ4v) is 2.37. The van der Waals surface area contributed by atoms with Crippen LogP contribution in [0.15, 0.2) is 24.3 Å². The number of carbonyl (C=O) groups is 1. The van der Waals surface area contributed by atoms with Crippen LogP contribution in [-0.4, -0.2) is 23.5 Å². The quantitative estimate of drug-likeness (QED) is 0.824. The number of benzene rings is 1. The molecule has 1 aromatic carbocycles. The van der Waals surface area contributed by atoms with E-state index in [1.165, 1.54) is 0 Å². The maximum Gasteiger partial charge on any atom is 0.248 e. The molecule has 21 heavy (non-hydrogen) atoms. The summed E-state index contributed by atoms with van der Waals surface area (Å²) in [5.41, 5.74) is 1.14. The highest BCUT2D eigenvalue weighted by Gasteiger charge is 2.37. The standard InChI is InChI=1S/C16H17F2NO2/c17-16(18)9-7-13(8-10-16)15(21)19-14-6-2-1-4-12(14)5-3-11-20/h1-2,4,6,13,20H,7-11H2,(H,19,21). The van der Waals surface area contributed by atoms with Crippen LogP contribution >= 0.6 is 0 Å². The average molecular weight is 293 g/mol. The van der Waals surface area contributed by atoms with Gasteiger partial charge in [-0.3, -0.25) is 4.79 Å². The minimum atomic E-state index is -2.64. The molecule has 1 aliphatic carbocycles. The molecule has 2 rings (SSSR count). The van der Waals surface area contributed by atoms with Crippen molar-refractivity contribution >= 4 is 11.6 Å². The lowest BCUT2D eigenvalue weighted by molar-refractivity contribution is -0.124. The Labute approximate surface area is 122 Å². The molecule has 112 valence electrons. The van der Waals surface area contributed by atoms with Crippen molar-refractivity contribution in [2.24, 2.45) is 5.92 Å². The van der Waals surface area contributed by atoms with Crippen LogP contribution < -0.4 is 5.32 Å². The minimum absolute atomic E-state index is 0.198. The first-order chi connectivity index (χ1) is 10.0. The number of hydrogen-bond acceptors (Lipinski definition) is 2. The van der Waals surface area contributed by atoms with Gasteiger partial charge < -0.3 is 10.4 Å². The largest absolute Gasteiger partial charge is 0.384 e. The molecule has 1 aromatic rings. The normalized spacial score (nSPS) is 17.7. The fourth-order valence-electron chi connectivity index (χ4n) is 2.37. The number of rotatable bonds is 2. The number of para-hydroxylation sites is 1. The van der Waals surface area contributed by atoms with Crippen molar-refractivity contribution < 1.29 is 18.7 Å². The van der Waals surface area contributed by atoms with Gasteiger partial charge in [-0.15, -0.1) is 0 Å². The molecule has 3 nitrogen and oxygen atoms in total. The zero-order valence-electron chi connectivity index (χ0n) is 11.5. The van der Waals surface area contributed by atoms with Crippen LogP contribution in [0.1, 0.15) is 31.2 Å². The first-order valence-electron chi connectivity index (χ1n) is 6.89. The summed E-state index contributed by atoms with van der Waals surface area (Å²) in [4.78, 5) is 12.2. The number of halogens is 2. The van der Waals surface area contributed by atoms with E-state index in [9.17, 15) is 13.6 Å². The summed E-state index contributed by atoms with van der Waals surface area (Å²) < 4.78 is 26.2. The van der Waals surface area contributed by atoms with Crippen LogP contribution in [-0.2, 0) is 4.79 Å². The second-order valence-corrected chi connectivity index (χ2v) is 5.12. The number of carbonyl (C=O) groups excluding carboxylic acids is 1. The Hall–Kier alpha value is -1.93. The average Bonchev–Trinajstić information content (AvgIpc) is 2.46. The van der Waals surface area contributed by atoms with Crippen LogP contribution in [0.5, 0.6) is 0 Å². The maximum atomic E-state index is 13.1. The summed E-state index contributed by atoms with van der Waals surface area (Å²) >= 11 is 0. The summed E-state index contributed by atoms with van der Waals surface area (Å²) in [5, 5.41) is 11.5. The predicted molar refractivity (Wildman–Crippen MR) is 75.9 cm³/mol. The van der Waals surface area contributed by atoms with Crippen LogP contribution in [0.25, 0.3) is 0 Å². The van der Waals surface area contributed by atoms with E-state index >= 15 is 0 Å². The Morgan fingerprint density at radius 1 is 1.33 bits per heavy atom. The smallest absolute Gasteiger partial charge is 0.248 e. The number of alkyl halides is 2. The van der Waals surface area contributed by atoms with Gasteiger partial charge in [-0.2, -0.15) is 0 Å². The molecule has 0 saturated heterocycles. The van der Waals surface area contributed by atoms with Crippen LogP contribution in [0, 0.1) is 17.8 Å². The summed E-state index contributed by atoms with van der Waals surface area (Å²) in [6.07, 6.45) is -0.0826. The van der Waals surface area contributed by atoms with Crippen molar-refractivity contribution in [1.82, 2.24) is 0 Å². The molecule has 1 amide bonds. The highest BCUT2D eigenvalue weighted by molar-refractivity contribution is 5.93. The zero-order valence-corrected chi connectivity index (χ0v) is 11.5. The molecule has 0 spiro atoms. The third-order valence-electron chi connectivity index (χ3n) is 3.57. The van der Waals surface area contributed by atoms with Gasteiger partial charge in [-0.25, -0.2) is 8.78 Å². The molecule has 0 bridgehead atoms. The van der Waals surface area contributed by atoms with E-state index < -0.39 is 5.92 Å². The highest BCUT2D eigenvalue weighted by atomic mass is 19.3. The fraction of sp³-hybridized carbons (Fsp3) is 0.438. The Bertz CT molecular complexity index is 565. The van der Waals surface area contributed by atoms with Crippen LogP contribution in [0.4, 0.5) is 14.5 Å². The van der Waals surface area contributed by atoms with Crippen molar-refractivity contribution in [2.45, 2.75) is 31.6 Å². The summed E-state index contributed by atoms with van der Waals surface area (Å²) in [7, 11) is 0. The molecule has 1 aliphatic rings.